The molecule has 1 aliphatic carbocycles. The van der Waals surface area contributed by atoms with Crippen molar-refractivity contribution < 1.29 is 14.3 Å². The largest absolute Gasteiger partial charge is 0.468 e. The monoisotopic (exact) mass is 335 g/mol. The molecule has 0 saturated carbocycles. The smallest absolute Gasteiger partial charge is 0.325 e. The third-order valence-electron chi connectivity index (χ3n) is 3.91. The number of carbonyl (C=O) groups is 2. The molecule has 122 valence electrons. The van der Waals surface area contributed by atoms with Gasteiger partial charge in [-0.15, -0.1) is 11.3 Å². The predicted molar refractivity (Wildman–Crippen MR) is 85.5 cm³/mol. The minimum atomic E-state index is -0.536. The van der Waals surface area contributed by atoms with Crippen molar-refractivity contribution in [3.8, 4) is 0 Å². The highest BCUT2D eigenvalue weighted by Gasteiger charge is 2.20. The number of rotatable bonds is 4. The van der Waals surface area contributed by atoms with Gasteiger partial charge in [0, 0.05) is 4.88 Å². The van der Waals surface area contributed by atoms with Gasteiger partial charge in [0.25, 0.3) is 5.56 Å². The van der Waals surface area contributed by atoms with Crippen LogP contribution in [0.4, 0.5) is 0 Å². The number of ether oxygens (including phenoxy) is 1. The molecule has 23 heavy (non-hydrogen) atoms. The lowest BCUT2D eigenvalue weighted by Gasteiger charge is -2.10. The summed E-state index contributed by atoms with van der Waals surface area (Å²) < 4.78 is 5.74. The molecule has 0 spiro atoms. The fraction of sp³-hybridized carbons (Fsp3) is 0.467. The molecule has 0 atom stereocenters. The Morgan fingerprint density at radius 1 is 1.39 bits per heavy atom. The number of esters is 1. The molecule has 1 N–H and O–H groups in total. The molecule has 3 rings (SSSR count). The highest BCUT2D eigenvalue weighted by atomic mass is 32.1. The van der Waals surface area contributed by atoms with Gasteiger partial charge in [0.15, 0.2) is 0 Å². The maximum absolute atomic E-state index is 12.6. The number of thiophene rings is 1. The molecule has 0 saturated heterocycles. The number of hydrogen-bond acceptors (Lipinski definition) is 6. The second-order valence-electron chi connectivity index (χ2n) is 5.42. The van der Waals surface area contributed by atoms with Crippen LogP contribution in [0.3, 0.4) is 0 Å². The van der Waals surface area contributed by atoms with Crippen LogP contribution >= 0.6 is 11.3 Å². The van der Waals surface area contributed by atoms with Crippen LogP contribution < -0.4 is 10.9 Å². The molecule has 0 unspecified atom stereocenters. The number of hydrogen-bond donors (Lipinski definition) is 1. The summed E-state index contributed by atoms with van der Waals surface area (Å²) in [7, 11) is 1.25. The minimum Gasteiger partial charge on any atom is -0.468 e. The minimum absolute atomic E-state index is 0.163. The van der Waals surface area contributed by atoms with Gasteiger partial charge in [-0.3, -0.25) is 19.0 Å². The topological polar surface area (TPSA) is 90.3 Å². The molecular weight excluding hydrogens is 318 g/mol. The normalized spacial score (nSPS) is 13.6. The summed E-state index contributed by atoms with van der Waals surface area (Å²) in [6.45, 7) is -0.378. The number of fused-ring (bicyclic) bond motifs is 3. The Hall–Kier alpha value is -2.22. The number of methoxy groups -OCH3 is 1. The van der Waals surface area contributed by atoms with Crippen molar-refractivity contribution in [1.29, 1.82) is 0 Å². The highest BCUT2D eigenvalue weighted by Crippen LogP contribution is 2.33. The molecule has 0 aliphatic heterocycles. The number of aromatic nitrogens is 2. The summed E-state index contributed by atoms with van der Waals surface area (Å²) in [6.07, 6.45) is 5.50. The summed E-state index contributed by atoms with van der Waals surface area (Å²) >= 11 is 1.57. The maximum atomic E-state index is 12.6. The van der Waals surface area contributed by atoms with E-state index in [-0.39, 0.29) is 18.6 Å². The molecule has 0 aromatic carbocycles. The molecule has 2 heterocycles. The van der Waals surface area contributed by atoms with Gasteiger partial charge < -0.3 is 10.1 Å². The lowest BCUT2D eigenvalue weighted by Crippen LogP contribution is -2.35. The van der Waals surface area contributed by atoms with Crippen LogP contribution in [0.25, 0.3) is 10.2 Å². The van der Waals surface area contributed by atoms with E-state index in [1.807, 2.05) is 0 Å². The van der Waals surface area contributed by atoms with Gasteiger partial charge in [0.05, 0.1) is 18.8 Å². The summed E-state index contributed by atoms with van der Waals surface area (Å²) in [5.41, 5.74) is 0.903. The third-order valence-corrected chi connectivity index (χ3v) is 5.11. The van der Waals surface area contributed by atoms with Crippen molar-refractivity contribution in [1.82, 2.24) is 14.9 Å². The fourth-order valence-corrected chi connectivity index (χ4v) is 3.97. The molecule has 0 bridgehead atoms. The Kier molecular flexibility index (Phi) is 4.42. The number of nitrogens with zero attached hydrogens (tertiary/aromatic N) is 2. The second kappa shape index (κ2) is 6.49. The van der Waals surface area contributed by atoms with Gasteiger partial charge in [-0.05, 0) is 31.2 Å². The van der Waals surface area contributed by atoms with Crippen molar-refractivity contribution in [2.45, 2.75) is 32.2 Å². The van der Waals surface area contributed by atoms with E-state index in [2.05, 4.69) is 15.0 Å². The Morgan fingerprint density at radius 3 is 2.96 bits per heavy atom. The van der Waals surface area contributed by atoms with Gasteiger partial charge in [-0.1, -0.05) is 0 Å². The molecule has 0 radical (unpaired) electrons. The number of amides is 1. The quantitative estimate of drug-likeness (QED) is 0.828. The molecule has 0 fully saturated rings. The lowest BCUT2D eigenvalue weighted by atomic mass is 9.97. The first-order chi connectivity index (χ1) is 11.1. The van der Waals surface area contributed by atoms with E-state index < -0.39 is 11.9 Å². The first-order valence-electron chi connectivity index (χ1n) is 7.43. The zero-order valence-corrected chi connectivity index (χ0v) is 13.6. The molecule has 8 heteroatoms. The predicted octanol–water partition coefficient (Wildman–Crippen LogP) is 0.626. The van der Waals surface area contributed by atoms with Crippen LogP contribution in [0, 0.1) is 0 Å². The van der Waals surface area contributed by atoms with E-state index in [0.717, 1.165) is 36.1 Å². The summed E-state index contributed by atoms with van der Waals surface area (Å²) in [4.78, 5) is 41.8. The van der Waals surface area contributed by atoms with Gasteiger partial charge in [-0.25, -0.2) is 4.98 Å². The Bertz CT molecular complexity index is 824. The summed E-state index contributed by atoms with van der Waals surface area (Å²) in [5, 5.41) is 3.06. The lowest BCUT2D eigenvalue weighted by molar-refractivity contribution is -0.141. The zero-order valence-electron chi connectivity index (χ0n) is 12.8. The van der Waals surface area contributed by atoms with Crippen LogP contribution in [0.1, 0.15) is 23.3 Å². The van der Waals surface area contributed by atoms with E-state index in [4.69, 9.17) is 0 Å². The van der Waals surface area contributed by atoms with Gasteiger partial charge >= 0.3 is 5.97 Å². The van der Waals surface area contributed by atoms with E-state index in [0.29, 0.717) is 5.39 Å². The van der Waals surface area contributed by atoms with Gasteiger partial charge in [0.1, 0.15) is 17.9 Å². The molecule has 2 aromatic heterocycles. The van der Waals surface area contributed by atoms with Crippen LogP contribution in [0.5, 0.6) is 0 Å². The van der Waals surface area contributed by atoms with Crippen LogP contribution in [-0.4, -0.2) is 35.1 Å². The zero-order chi connectivity index (χ0) is 16.4. The second-order valence-corrected chi connectivity index (χ2v) is 6.51. The highest BCUT2D eigenvalue weighted by molar-refractivity contribution is 7.18. The van der Waals surface area contributed by atoms with E-state index in [9.17, 15) is 14.4 Å². The SMILES string of the molecule is COC(=O)CNC(=O)Cn1cnc2sc3c(c2c1=O)CCCC3. The Morgan fingerprint density at radius 2 is 2.17 bits per heavy atom. The average molecular weight is 335 g/mol. The summed E-state index contributed by atoms with van der Waals surface area (Å²) in [5.74, 6) is -0.964. The van der Waals surface area contributed by atoms with Crippen molar-refractivity contribution in [2.24, 2.45) is 0 Å². The number of nitrogens with one attached hydrogen (secondary N) is 1. The van der Waals surface area contributed by atoms with Crippen LogP contribution in [0.2, 0.25) is 0 Å². The van der Waals surface area contributed by atoms with Crippen molar-refractivity contribution in [3.05, 3.63) is 27.1 Å². The van der Waals surface area contributed by atoms with Gasteiger partial charge in [0.2, 0.25) is 5.91 Å². The average Bonchev–Trinajstić information content (AvgIpc) is 2.94. The number of carbonyl (C=O) groups excluding carboxylic acids is 2. The van der Waals surface area contributed by atoms with E-state index >= 15 is 0 Å². The molecule has 1 aliphatic rings. The van der Waals surface area contributed by atoms with Crippen LogP contribution in [-0.2, 0) is 33.7 Å². The van der Waals surface area contributed by atoms with Crippen LogP contribution in [0.15, 0.2) is 11.1 Å². The molecular formula is C15H17N3O4S. The Labute approximate surface area is 136 Å². The van der Waals surface area contributed by atoms with Crippen molar-refractivity contribution in [2.75, 3.05) is 13.7 Å². The first-order valence-corrected chi connectivity index (χ1v) is 8.25. The standard InChI is InChI=1S/C15H17N3O4S/c1-22-12(20)6-16-11(19)7-18-8-17-14-13(15(18)21)9-4-2-3-5-10(9)23-14/h8H,2-7H2,1H3,(H,16,19). The summed E-state index contributed by atoms with van der Waals surface area (Å²) in [6, 6.07) is 0. The maximum Gasteiger partial charge on any atom is 0.325 e. The van der Waals surface area contributed by atoms with Crippen molar-refractivity contribution in [3.63, 3.8) is 0 Å². The Balaban J connectivity index is 1.85. The molecule has 1 amide bonds. The van der Waals surface area contributed by atoms with E-state index in [1.54, 1.807) is 11.3 Å². The first kappa shape index (κ1) is 15.7. The van der Waals surface area contributed by atoms with Gasteiger partial charge in [-0.2, -0.15) is 0 Å². The van der Waals surface area contributed by atoms with E-state index in [1.165, 1.54) is 22.9 Å². The molecule has 2 aromatic rings. The molecule has 7 nitrogen and oxygen atoms in total. The third kappa shape index (κ3) is 3.12. The fourth-order valence-electron chi connectivity index (χ4n) is 2.75. The van der Waals surface area contributed by atoms with Crippen molar-refractivity contribution >= 4 is 33.4 Å². The number of aryl methyl sites for hydroxylation is 2.